The van der Waals surface area contributed by atoms with Crippen molar-refractivity contribution in [2.24, 2.45) is 0 Å². The first-order valence-corrected chi connectivity index (χ1v) is 13.1. The van der Waals surface area contributed by atoms with E-state index in [2.05, 4.69) is 99.5 Å². The highest BCUT2D eigenvalue weighted by Gasteiger charge is 2.21. The zero-order valence-corrected chi connectivity index (χ0v) is 21.2. The predicted octanol–water partition coefficient (Wildman–Crippen LogP) is 5.56. The topological polar surface area (TPSA) is 31.6 Å². The van der Waals surface area contributed by atoms with Crippen LogP contribution in [0.4, 0.5) is 0 Å². The Morgan fingerprint density at radius 2 is 1.45 bits per heavy atom. The Hall–Kier alpha value is -1.22. The van der Waals surface area contributed by atoms with Crippen molar-refractivity contribution in [3.05, 3.63) is 67.7 Å². The molecular formula is C24H25Br2N3OS. The van der Waals surface area contributed by atoms with E-state index in [1.807, 2.05) is 0 Å². The second kappa shape index (κ2) is 9.33. The van der Waals surface area contributed by atoms with Crippen molar-refractivity contribution in [1.29, 1.82) is 0 Å². The lowest BCUT2D eigenvalue weighted by atomic mass is 10.2. The number of nitrogens with zero attached hydrogens (tertiary/aromatic N) is 3. The number of aliphatic hydroxyl groups excluding tert-OH is 1. The van der Waals surface area contributed by atoms with Crippen LogP contribution >= 0.6 is 43.2 Å². The van der Waals surface area contributed by atoms with Gasteiger partial charge in [0.25, 0.3) is 0 Å². The summed E-state index contributed by atoms with van der Waals surface area (Å²) in [6.45, 7) is 6.47. The fraction of sp³-hybridized carbons (Fsp3) is 0.333. The number of fused-ring (bicyclic) bond motifs is 3. The van der Waals surface area contributed by atoms with Crippen molar-refractivity contribution in [1.82, 2.24) is 14.4 Å². The lowest BCUT2D eigenvalue weighted by molar-refractivity contribution is 0.0634. The molecule has 0 spiro atoms. The van der Waals surface area contributed by atoms with Crippen LogP contribution in [0.5, 0.6) is 0 Å². The largest absolute Gasteiger partial charge is 0.390 e. The molecule has 7 heteroatoms. The summed E-state index contributed by atoms with van der Waals surface area (Å²) < 4.78 is 4.40. The van der Waals surface area contributed by atoms with Gasteiger partial charge in [0.05, 0.1) is 12.6 Å². The molecule has 5 rings (SSSR count). The van der Waals surface area contributed by atoms with E-state index < -0.39 is 6.10 Å². The van der Waals surface area contributed by atoms with Crippen molar-refractivity contribution in [3.8, 4) is 0 Å². The molecule has 1 saturated heterocycles. The maximum atomic E-state index is 11.0. The van der Waals surface area contributed by atoms with Crippen molar-refractivity contribution in [3.63, 3.8) is 0 Å². The van der Waals surface area contributed by atoms with Crippen LogP contribution < -0.4 is 0 Å². The van der Waals surface area contributed by atoms with Gasteiger partial charge >= 0.3 is 0 Å². The molecule has 0 bridgehead atoms. The average Bonchev–Trinajstić information content (AvgIpc) is 3.36. The van der Waals surface area contributed by atoms with Gasteiger partial charge in [-0.15, -0.1) is 0 Å². The van der Waals surface area contributed by atoms with E-state index in [-0.39, 0.29) is 0 Å². The Morgan fingerprint density at radius 1 is 0.839 bits per heavy atom. The van der Waals surface area contributed by atoms with Crippen LogP contribution in [-0.4, -0.2) is 58.3 Å². The van der Waals surface area contributed by atoms with Gasteiger partial charge in [-0.1, -0.05) is 31.9 Å². The highest BCUT2D eigenvalue weighted by Crippen LogP contribution is 2.33. The standard InChI is InChI=1S/C24H25Br2N3OS/c25-18-1-3-23-21(11-18)22-12-19(26)2-4-24(22)29(23)15-20(30)14-28-8-6-27(7-9-28)13-17-5-10-31-16-17/h1-5,10-12,16,20,30H,6-9,13-15H2. The molecule has 2 aromatic carbocycles. The highest BCUT2D eigenvalue weighted by molar-refractivity contribution is 9.10. The molecule has 1 N–H and O–H groups in total. The molecule has 2 aromatic heterocycles. The first-order chi connectivity index (χ1) is 15.1. The summed E-state index contributed by atoms with van der Waals surface area (Å²) in [5.74, 6) is 0. The number of hydrogen-bond acceptors (Lipinski definition) is 4. The molecule has 4 aromatic rings. The lowest BCUT2D eigenvalue weighted by Gasteiger charge is -2.35. The fourth-order valence-corrected chi connectivity index (χ4v) is 5.96. The third-order valence-corrected chi connectivity index (χ3v) is 7.82. The van der Waals surface area contributed by atoms with Crippen LogP contribution in [0.2, 0.25) is 0 Å². The second-order valence-corrected chi connectivity index (χ2v) is 10.9. The Balaban J connectivity index is 1.28. The molecule has 0 amide bonds. The quantitative estimate of drug-likeness (QED) is 0.334. The highest BCUT2D eigenvalue weighted by atomic mass is 79.9. The number of benzene rings is 2. The first-order valence-electron chi connectivity index (χ1n) is 10.6. The van der Waals surface area contributed by atoms with Crippen LogP contribution in [0.15, 0.2) is 62.2 Å². The fourth-order valence-electron chi connectivity index (χ4n) is 4.58. The molecule has 0 saturated carbocycles. The van der Waals surface area contributed by atoms with Crippen LogP contribution in [0.1, 0.15) is 5.56 Å². The molecule has 0 radical (unpaired) electrons. The van der Waals surface area contributed by atoms with Crippen LogP contribution in [-0.2, 0) is 13.1 Å². The Labute approximate surface area is 203 Å². The van der Waals surface area contributed by atoms with E-state index in [4.69, 9.17) is 0 Å². The van der Waals surface area contributed by atoms with E-state index in [9.17, 15) is 5.11 Å². The smallest absolute Gasteiger partial charge is 0.0845 e. The summed E-state index contributed by atoms with van der Waals surface area (Å²) >= 11 is 8.97. The van der Waals surface area contributed by atoms with E-state index in [1.54, 1.807) is 11.3 Å². The van der Waals surface area contributed by atoms with Crippen LogP contribution in [0.25, 0.3) is 21.8 Å². The molecule has 0 aliphatic carbocycles. The van der Waals surface area contributed by atoms with Gasteiger partial charge in [0.1, 0.15) is 0 Å². The molecule has 1 aliphatic rings. The van der Waals surface area contributed by atoms with Gasteiger partial charge in [-0.05, 0) is 58.8 Å². The minimum Gasteiger partial charge on any atom is -0.390 e. The van der Waals surface area contributed by atoms with E-state index in [0.29, 0.717) is 13.1 Å². The molecule has 162 valence electrons. The normalized spacial score (nSPS) is 17.0. The number of β-amino-alcohol motifs (C(OH)–C–C–N with tert-alkyl or cyclic N) is 1. The minimum atomic E-state index is -0.408. The SMILES string of the molecule is OC(CN1CCN(Cc2ccsc2)CC1)Cn1c2ccc(Br)cc2c2cc(Br)ccc21. The summed E-state index contributed by atoms with van der Waals surface area (Å²) in [5.41, 5.74) is 3.73. The van der Waals surface area contributed by atoms with Crippen LogP contribution in [0.3, 0.4) is 0 Å². The number of aliphatic hydroxyl groups is 1. The van der Waals surface area contributed by atoms with Gasteiger partial charge in [-0.3, -0.25) is 9.80 Å². The zero-order valence-electron chi connectivity index (χ0n) is 17.2. The van der Waals surface area contributed by atoms with Gasteiger partial charge in [-0.25, -0.2) is 0 Å². The molecule has 31 heavy (non-hydrogen) atoms. The van der Waals surface area contributed by atoms with Crippen LogP contribution in [0, 0.1) is 0 Å². The molecule has 1 fully saturated rings. The number of thiophene rings is 1. The second-order valence-electron chi connectivity index (χ2n) is 8.30. The van der Waals surface area contributed by atoms with Crippen molar-refractivity contribution >= 4 is 65.0 Å². The van der Waals surface area contributed by atoms with Gasteiger partial charge < -0.3 is 9.67 Å². The third kappa shape index (κ3) is 4.77. The molecule has 1 atom stereocenters. The summed E-state index contributed by atoms with van der Waals surface area (Å²) in [6.07, 6.45) is -0.408. The van der Waals surface area contributed by atoms with E-state index >= 15 is 0 Å². The van der Waals surface area contributed by atoms with Gasteiger partial charge in [0.2, 0.25) is 0 Å². The first kappa shape index (κ1) is 21.6. The Kier molecular flexibility index (Phi) is 6.51. The maximum Gasteiger partial charge on any atom is 0.0845 e. The van der Waals surface area contributed by atoms with Crippen molar-refractivity contribution < 1.29 is 5.11 Å². The number of hydrogen-bond donors (Lipinski definition) is 1. The lowest BCUT2D eigenvalue weighted by Crippen LogP contribution is -2.48. The summed E-state index contributed by atoms with van der Waals surface area (Å²) in [6, 6.07) is 15.0. The Bertz CT molecular complexity index is 1120. The minimum absolute atomic E-state index is 0.408. The molecule has 4 nitrogen and oxygen atoms in total. The number of aromatic nitrogens is 1. The molecule has 1 aliphatic heterocycles. The number of rotatable bonds is 6. The van der Waals surface area contributed by atoms with E-state index in [1.165, 1.54) is 16.3 Å². The summed E-state index contributed by atoms with van der Waals surface area (Å²) in [5, 5.41) is 17.8. The van der Waals surface area contributed by atoms with Gasteiger partial charge in [-0.2, -0.15) is 11.3 Å². The predicted molar refractivity (Wildman–Crippen MR) is 137 cm³/mol. The summed E-state index contributed by atoms with van der Waals surface area (Å²) in [4.78, 5) is 4.91. The molecule has 1 unspecified atom stereocenters. The average molecular weight is 563 g/mol. The molecular weight excluding hydrogens is 538 g/mol. The number of halogens is 2. The monoisotopic (exact) mass is 561 g/mol. The number of piperazine rings is 1. The maximum absolute atomic E-state index is 11.0. The van der Waals surface area contributed by atoms with Crippen molar-refractivity contribution in [2.45, 2.75) is 19.2 Å². The summed E-state index contributed by atoms with van der Waals surface area (Å²) in [7, 11) is 0. The van der Waals surface area contributed by atoms with Gasteiger partial charge in [0.15, 0.2) is 0 Å². The Morgan fingerprint density at radius 3 is 2.03 bits per heavy atom. The zero-order chi connectivity index (χ0) is 21.4. The molecule has 3 heterocycles. The van der Waals surface area contributed by atoms with Crippen molar-refractivity contribution in [2.75, 3.05) is 32.7 Å². The van der Waals surface area contributed by atoms with Gasteiger partial charge in [0, 0.05) is 70.0 Å². The third-order valence-electron chi connectivity index (χ3n) is 6.10. The van der Waals surface area contributed by atoms with E-state index in [0.717, 1.165) is 52.7 Å².